The van der Waals surface area contributed by atoms with Gasteiger partial charge in [-0.15, -0.1) is 0 Å². The summed E-state index contributed by atoms with van der Waals surface area (Å²) in [6.07, 6.45) is 3.70. The van der Waals surface area contributed by atoms with Gasteiger partial charge in [-0.05, 0) is 83.0 Å². The molecular weight excluding hydrogens is 679 g/mol. The molecule has 0 fully saturated rings. The summed E-state index contributed by atoms with van der Waals surface area (Å²) in [5.74, 6) is 0.672. The molecule has 260 valence electrons. The summed E-state index contributed by atoms with van der Waals surface area (Å²) < 4.78 is 0. The Labute approximate surface area is 324 Å². The van der Waals surface area contributed by atoms with Crippen molar-refractivity contribution in [1.82, 2.24) is 15.0 Å². The van der Waals surface area contributed by atoms with Crippen LogP contribution in [0, 0.1) is 0 Å². The Balaban J connectivity index is 1.03. The van der Waals surface area contributed by atoms with E-state index in [1.165, 1.54) is 65.3 Å². The van der Waals surface area contributed by atoms with Gasteiger partial charge in [0.15, 0.2) is 5.82 Å². The average Bonchev–Trinajstić information content (AvgIpc) is 3.28. The number of fused-ring (bicyclic) bond motifs is 1. The van der Waals surface area contributed by atoms with Crippen LogP contribution in [0.4, 0.5) is 0 Å². The minimum atomic E-state index is 0.672. The maximum atomic E-state index is 5.26. The van der Waals surface area contributed by atoms with Crippen LogP contribution in [0.1, 0.15) is 0 Å². The predicted molar refractivity (Wildman–Crippen MR) is 234 cm³/mol. The van der Waals surface area contributed by atoms with E-state index in [4.69, 9.17) is 9.97 Å². The Bertz CT molecular complexity index is 3200. The summed E-state index contributed by atoms with van der Waals surface area (Å²) in [7, 11) is 0. The largest absolute Gasteiger partial charge is 0.264 e. The predicted octanol–water partition coefficient (Wildman–Crippen LogP) is 13.9. The zero-order chi connectivity index (χ0) is 37.0. The highest BCUT2D eigenvalue weighted by Crippen LogP contribution is 2.40. The molecule has 0 radical (unpaired) electrons. The molecule has 0 aliphatic heterocycles. The Kier molecular flexibility index (Phi) is 7.49. The number of pyridine rings is 1. The van der Waals surface area contributed by atoms with Crippen molar-refractivity contribution in [2.45, 2.75) is 0 Å². The van der Waals surface area contributed by atoms with Crippen molar-refractivity contribution >= 4 is 43.1 Å². The number of hydrogen-bond acceptors (Lipinski definition) is 3. The Morgan fingerprint density at radius 3 is 1.55 bits per heavy atom. The van der Waals surface area contributed by atoms with Gasteiger partial charge in [-0.3, -0.25) is 4.98 Å². The molecule has 0 atom stereocenters. The molecular formula is C53H33N3. The van der Waals surface area contributed by atoms with Gasteiger partial charge in [0.2, 0.25) is 0 Å². The first-order chi connectivity index (χ1) is 27.7. The Morgan fingerprint density at radius 1 is 0.304 bits per heavy atom. The van der Waals surface area contributed by atoms with Crippen molar-refractivity contribution in [3.8, 4) is 67.3 Å². The topological polar surface area (TPSA) is 38.7 Å². The van der Waals surface area contributed by atoms with Crippen molar-refractivity contribution in [3.63, 3.8) is 0 Å². The number of benzene rings is 9. The average molecular weight is 712 g/mol. The summed E-state index contributed by atoms with van der Waals surface area (Å²) in [6.45, 7) is 0. The number of aromatic nitrogens is 3. The normalized spacial score (nSPS) is 11.6. The molecule has 0 aliphatic rings. The van der Waals surface area contributed by atoms with E-state index in [9.17, 15) is 0 Å². The van der Waals surface area contributed by atoms with E-state index in [0.717, 1.165) is 39.2 Å². The molecule has 0 N–H and O–H groups in total. The molecule has 3 heteroatoms. The van der Waals surface area contributed by atoms with E-state index < -0.39 is 0 Å². The minimum absolute atomic E-state index is 0.672. The summed E-state index contributed by atoms with van der Waals surface area (Å²) in [5, 5.41) is 10.2. The number of rotatable bonds is 6. The fourth-order valence-electron chi connectivity index (χ4n) is 8.42. The second-order valence-corrected chi connectivity index (χ2v) is 14.4. The van der Waals surface area contributed by atoms with Crippen LogP contribution in [-0.2, 0) is 0 Å². The molecule has 0 bridgehead atoms. The first-order valence-corrected chi connectivity index (χ1v) is 19.0. The molecule has 3 nitrogen and oxygen atoms in total. The third-order valence-corrected chi connectivity index (χ3v) is 11.2. The van der Waals surface area contributed by atoms with Gasteiger partial charge in [-0.1, -0.05) is 176 Å². The molecule has 56 heavy (non-hydrogen) atoms. The second kappa shape index (κ2) is 13.1. The van der Waals surface area contributed by atoms with E-state index in [2.05, 4.69) is 187 Å². The highest BCUT2D eigenvalue weighted by molar-refractivity contribution is 6.25. The summed E-state index contributed by atoms with van der Waals surface area (Å²) >= 11 is 0. The quantitative estimate of drug-likeness (QED) is 0.161. The van der Waals surface area contributed by atoms with Crippen molar-refractivity contribution in [3.05, 3.63) is 200 Å². The summed E-state index contributed by atoms with van der Waals surface area (Å²) in [6, 6.07) is 67.2. The smallest absolute Gasteiger partial charge is 0.161 e. The zero-order valence-electron chi connectivity index (χ0n) is 30.4. The molecule has 11 aromatic rings. The van der Waals surface area contributed by atoms with Gasteiger partial charge in [-0.2, -0.15) is 0 Å². The lowest BCUT2D eigenvalue weighted by atomic mass is 9.89. The van der Waals surface area contributed by atoms with Gasteiger partial charge < -0.3 is 0 Å². The molecule has 2 aromatic heterocycles. The van der Waals surface area contributed by atoms with Gasteiger partial charge in [0.05, 0.1) is 11.4 Å². The molecule has 0 aliphatic carbocycles. The van der Waals surface area contributed by atoms with Crippen molar-refractivity contribution < 1.29 is 0 Å². The standard InChI is InChI=1S/C53H33N3/c1-2-13-43-34(8-1)9-6-16-44(43)35-17-21-37(22-18-35)49-32-50(56-53(55-49)48-15-4-3-14-45(48)42-12-7-31-54-33-42)38-23-19-36(20-24-38)46-29-27-41-26-25-39-10-5-11-40-28-30-47(46)52(41)51(39)40/h1-33H. The van der Waals surface area contributed by atoms with Crippen LogP contribution in [0.2, 0.25) is 0 Å². The minimum Gasteiger partial charge on any atom is -0.264 e. The monoisotopic (exact) mass is 711 g/mol. The van der Waals surface area contributed by atoms with Crippen LogP contribution in [0.25, 0.3) is 110 Å². The van der Waals surface area contributed by atoms with E-state index in [1.54, 1.807) is 6.20 Å². The van der Waals surface area contributed by atoms with Gasteiger partial charge in [0, 0.05) is 34.6 Å². The molecule has 0 saturated heterocycles. The molecule has 0 amide bonds. The highest BCUT2D eigenvalue weighted by atomic mass is 14.9. The van der Waals surface area contributed by atoms with Gasteiger partial charge in [0.25, 0.3) is 0 Å². The van der Waals surface area contributed by atoms with Crippen molar-refractivity contribution in [2.75, 3.05) is 0 Å². The summed E-state index contributed by atoms with van der Waals surface area (Å²) in [4.78, 5) is 14.9. The first-order valence-electron chi connectivity index (χ1n) is 19.0. The molecule has 0 unspecified atom stereocenters. The van der Waals surface area contributed by atoms with Gasteiger partial charge in [0.1, 0.15) is 0 Å². The Hall–Kier alpha value is -7.49. The maximum absolute atomic E-state index is 5.26. The van der Waals surface area contributed by atoms with Crippen molar-refractivity contribution in [2.24, 2.45) is 0 Å². The number of hydrogen-bond donors (Lipinski definition) is 0. The third kappa shape index (κ3) is 5.40. The molecule has 9 aromatic carbocycles. The van der Waals surface area contributed by atoms with Crippen LogP contribution >= 0.6 is 0 Å². The van der Waals surface area contributed by atoms with Crippen molar-refractivity contribution in [1.29, 1.82) is 0 Å². The highest BCUT2D eigenvalue weighted by Gasteiger charge is 2.16. The fraction of sp³-hybridized carbons (Fsp3) is 0. The molecule has 2 heterocycles. The second-order valence-electron chi connectivity index (χ2n) is 14.4. The van der Waals surface area contributed by atoms with Gasteiger partial charge >= 0.3 is 0 Å². The van der Waals surface area contributed by atoms with E-state index in [0.29, 0.717) is 5.82 Å². The summed E-state index contributed by atoms with van der Waals surface area (Å²) in [5.41, 5.74) is 11.6. The SMILES string of the molecule is c1cncc(-c2ccccc2-c2nc(-c3ccc(-c4cccc5ccccc45)cc3)cc(-c3ccc(-c4ccc5ccc6cccc7ccc4c5c67)cc3)n2)c1. The molecule has 0 spiro atoms. The zero-order valence-corrected chi connectivity index (χ0v) is 30.4. The van der Waals surface area contributed by atoms with Crippen LogP contribution < -0.4 is 0 Å². The Morgan fingerprint density at radius 2 is 0.839 bits per heavy atom. The van der Waals surface area contributed by atoms with Crippen LogP contribution in [-0.4, -0.2) is 15.0 Å². The first kappa shape index (κ1) is 32.0. The van der Waals surface area contributed by atoms with Gasteiger partial charge in [-0.25, -0.2) is 9.97 Å². The lowest BCUT2D eigenvalue weighted by Crippen LogP contribution is -1.97. The van der Waals surface area contributed by atoms with Crippen LogP contribution in [0.15, 0.2) is 200 Å². The molecule has 0 saturated carbocycles. The van der Waals surface area contributed by atoms with Crippen LogP contribution in [0.3, 0.4) is 0 Å². The van der Waals surface area contributed by atoms with E-state index >= 15 is 0 Å². The lowest BCUT2D eigenvalue weighted by molar-refractivity contribution is 1.18. The maximum Gasteiger partial charge on any atom is 0.161 e. The van der Waals surface area contributed by atoms with E-state index in [1.807, 2.05) is 12.3 Å². The fourth-order valence-corrected chi connectivity index (χ4v) is 8.42. The van der Waals surface area contributed by atoms with Crippen LogP contribution in [0.5, 0.6) is 0 Å². The lowest BCUT2D eigenvalue weighted by Gasteiger charge is -2.15. The third-order valence-electron chi connectivity index (χ3n) is 11.2. The number of nitrogens with zero attached hydrogens (tertiary/aromatic N) is 3. The molecule has 11 rings (SSSR count). The van der Waals surface area contributed by atoms with E-state index in [-0.39, 0.29) is 0 Å².